The van der Waals surface area contributed by atoms with Gasteiger partial charge >= 0.3 is 0 Å². The second kappa shape index (κ2) is 10.3. The Labute approximate surface area is 190 Å². The fraction of sp³-hybridized carbons (Fsp3) is 0.462. The molecule has 0 spiro atoms. The van der Waals surface area contributed by atoms with Crippen molar-refractivity contribution in [3.8, 4) is 11.8 Å². The van der Waals surface area contributed by atoms with E-state index in [4.69, 9.17) is 4.74 Å². The van der Waals surface area contributed by atoms with Gasteiger partial charge in [0.2, 0.25) is 0 Å². The number of aryl methyl sites for hydroxylation is 2. The number of hydrogen-bond acceptors (Lipinski definition) is 5. The standard InChI is InChI=1S/C26H32N4O2/c1-4-29(5-2)15-9-12-21-17-30(24-16-23(31)19(3)32-24)26-25(21)22(27-18-28-26)14-13-20-10-7-6-8-11-20/h6-8,10-11,17-19,23-24,31H,4-5,13-16H2,1-3H3/t19-,23+,24-/m1/s1. The highest BCUT2D eigenvalue weighted by Crippen LogP contribution is 2.33. The fourth-order valence-corrected chi connectivity index (χ4v) is 4.22. The molecule has 1 aliphatic heterocycles. The van der Waals surface area contributed by atoms with Crippen molar-refractivity contribution in [3.05, 3.63) is 59.7 Å². The Morgan fingerprint density at radius 1 is 1.16 bits per heavy atom. The maximum Gasteiger partial charge on any atom is 0.146 e. The van der Waals surface area contributed by atoms with E-state index < -0.39 is 6.10 Å². The largest absolute Gasteiger partial charge is 0.390 e. The van der Waals surface area contributed by atoms with Crippen molar-refractivity contribution in [1.82, 2.24) is 19.4 Å². The molecular weight excluding hydrogens is 400 g/mol. The molecule has 1 saturated heterocycles. The topological polar surface area (TPSA) is 63.4 Å². The zero-order chi connectivity index (χ0) is 22.5. The van der Waals surface area contributed by atoms with E-state index in [9.17, 15) is 5.11 Å². The van der Waals surface area contributed by atoms with Crippen molar-refractivity contribution in [1.29, 1.82) is 0 Å². The van der Waals surface area contributed by atoms with E-state index in [0.717, 1.165) is 54.8 Å². The summed E-state index contributed by atoms with van der Waals surface area (Å²) in [5.41, 5.74) is 4.02. The van der Waals surface area contributed by atoms with Crippen molar-refractivity contribution in [2.24, 2.45) is 0 Å². The Hall–Kier alpha value is -2.72. The summed E-state index contributed by atoms with van der Waals surface area (Å²) < 4.78 is 8.05. The van der Waals surface area contributed by atoms with Gasteiger partial charge in [-0.05, 0) is 38.4 Å². The predicted molar refractivity (Wildman–Crippen MR) is 126 cm³/mol. The third kappa shape index (κ3) is 4.86. The van der Waals surface area contributed by atoms with Gasteiger partial charge in [-0.3, -0.25) is 4.90 Å². The predicted octanol–water partition coefficient (Wildman–Crippen LogP) is 3.58. The van der Waals surface area contributed by atoms with Gasteiger partial charge < -0.3 is 14.4 Å². The molecule has 32 heavy (non-hydrogen) atoms. The molecule has 3 heterocycles. The first-order valence-electron chi connectivity index (χ1n) is 11.5. The molecule has 3 atom stereocenters. The summed E-state index contributed by atoms with van der Waals surface area (Å²) in [6.45, 7) is 8.88. The minimum Gasteiger partial charge on any atom is -0.390 e. The Morgan fingerprint density at radius 3 is 2.62 bits per heavy atom. The number of nitrogens with zero attached hydrogens (tertiary/aromatic N) is 4. The van der Waals surface area contributed by atoms with E-state index in [1.165, 1.54) is 5.56 Å². The van der Waals surface area contributed by atoms with Crippen molar-refractivity contribution in [2.75, 3.05) is 19.6 Å². The maximum absolute atomic E-state index is 10.2. The van der Waals surface area contributed by atoms with E-state index in [1.54, 1.807) is 6.33 Å². The van der Waals surface area contributed by atoms with E-state index in [2.05, 4.69) is 64.8 Å². The number of aliphatic hydroxyl groups is 1. The third-order valence-electron chi connectivity index (χ3n) is 6.27. The highest BCUT2D eigenvalue weighted by Gasteiger charge is 2.33. The van der Waals surface area contributed by atoms with Crippen molar-refractivity contribution >= 4 is 11.0 Å². The summed E-state index contributed by atoms with van der Waals surface area (Å²) in [6, 6.07) is 10.4. The third-order valence-corrected chi connectivity index (χ3v) is 6.27. The SMILES string of the molecule is CCN(CC)CC#Cc1cn([C@H]2C[C@H](O)[C@@H](C)O2)c2ncnc(CCc3ccccc3)c12. The fourth-order valence-electron chi connectivity index (χ4n) is 4.22. The minimum atomic E-state index is -0.478. The van der Waals surface area contributed by atoms with Gasteiger partial charge in [-0.2, -0.15) is 0 Å². The van der Waals surface area contributed by atoms with Crippen LogP contribution in [0.4, 0.5) is 0 Å². The van der Waals surface area contributed by atoms with Gasteiger partial charge in [0.15, 0.2) is 0 Å². The summed E-state index contributed by atoms with van der Waals surface area (Å²) >= 11 is 0. The average Bonchev–Trinajstić information content (AvgIpc) is 3.36. The quantitative estimate of drug-likeness (QED) is 0.578. The molecule has 2 aromatic heterocycles. The van der Waals surface area contributed by atoms with Crippen LogP contribution in [0, 0.1) is 11.8 Å². The van der Waals surface area contributed by atoms with Crippen LogP contribution in [0.15, 0.2) is 42.9 Å². The van der Waals surface area contributed by atoms with Gasteiger partial charge in [0, 0.05) is 12.6 Å². The molecule has 1 aromatic carbocycles. The maximum atomic E-state index is 10.2. The summed E-state index contributed by atoms with van der Waals surface area (Å²) in [5, 5.41) is 11.2. The average molecular weight is 433 g/mol. The van der Waals surface area contributed by atoms with Crippen LogP contribution in [0.3, 0.4) is 0 Å². The number of aliphatic hydroxyl groups excluding tert-OH is 1. The summed E-state index contributed by atoms with van der Waals surface area (Å²) in [6.07, 6.45) is 4.97. The van der Waals surface area contributed by atoms with Crippen LogP contribution in [0.5, 0.6) is 0 Å². The first-order chi connectivity index (χ1) is 15.6. The minimum absolute atomic E-state index is 0.200. The molecule has 0 radical (unpaired) electrons. The van der Waals surface area contributed by atoms with Gasteiger partial charge in [0.25, 0.3) is 0 Å². The molecule has 0 saturated carbocycles. The van der Waals surface area contributed by atoms with E-state index >= 15 is 0 Å². The Morgan fingerprint density at radius 2 is 1.94 bits per heavy atom. The molecule has 6 nitrogen and oxygen atoms in total. The lowest BCUT2D eigenvalue weighted by Gasteiger charge is -2.13. The van der Waals surface area contributed by atoms with Crippen molar-refractivity contribution in [3.63, 3.8) is 0 Å². The number of benzene rings is 1. The Balaban J connectivity index is 1.71. The number of rotatable bonds is 7. The van der Waals surface area contributed by atoms with Crippen LogP contribution in [-0.4, -0.2) is 56.4 Å². The zero-order valence-electron chi connectivity index (χ0n) is 19.2. The molecule has 3 aromatic rings. The normalized spacial score (nSPS) is 20.6. The molecule has 0 aliphatic carbocycles. The van der Waals surface area contributed by atoms with Crippen molar-refractivity contribution < 1.29 is 9.84 Å². The summed E-state index contributed by atoms with van der Waals surface area (Å²) in [5.74, 6) is 6.72. The van der Waals surface area contributed by atoms with Crippen LogP contribution >= 0.6 is 0 Å². The van der Waals surface area contributed by atoms with Crippen LogP contribution in [0.25, 0.3) is 11.0 Å². The lowest BCUT2D eigenvalue weighted by Crippen LogP contribution is -2.22. The van der Waals surface area contributed by atoms with E-state index in [1.807, 2.05) is 23.8 Å². The molecule has 1 aliphatic rings. The number of aromatic nitrogens is 3. The molecule has 4 rings (SSSR count). The first kappa shape index (κ1) is 22.5. The molecule has 0 amide bonds. The number of fused-ring (bicyclic) bond motifs is 1. The lowest BCUT2D eigenvalue weighted by atomic mass is 10.1. The second-order valence-electron chi connectivity index (χ2n) is 8.32. The van der Waals surface area contributed by atoms with Crippen LogP contribution < -0.4 is 0 Å². The summed E-state index contributed by atoms with van der Waals surface area (Å²) in [4.78, 5) is 11.5. The van der Waals surface area contributed by atoms with Gasteiger partial charge in [0.05, 0.1) is 35.4 Å². The van der Waals surface area contributed by atoms with E-state index in [-0.39, 0.29) is 12.3 Å². The molecular formula is C26H32N4O2. The van der Waals surface area contributed by atoms with Crippen LogP contribution in [0.2, 0.25) is 0 Å². The molecule has 6 heteroatoms. The van der Waals surface area contributed by atoms with Crippen molar-refractivity contribution in [2.45, 2.75) is 58.5 Å². The van der Waals surface area contributed by atoms with Gasteiger partial charge in [-0.1, -0.05) is 56.0 Å². The monoisotopic (exact) mass is 432 g/mol. The van der Waals surface area contributed by atoms with E-state index in [0.29, 0.717) is 6.42 Å². The van der Waals surface area contributed by atoms with Crippen LogP contribution in [-0.2, 0) is 17.6 Å². The van der Waals surface area contributed by atoms with Gasteiger partial charge in [-0.25, -0.2) is 9.97 Å². The smallest absolute Gasteiger partial charge is 0.146 e. The Kier molecular flexibility index (Phi) is 7.21. The lowest BCUT2D eigenvalue weighted by molar-refractivity contribution is -0.00610. The van der Waals surface area contributed by atoms with Gasteiger partial charge in [0.1, 0.15) is 18.2 Å². The highest BCUT2D eigenvalue weighted by atomic mass is 16.5. The molecule has 1 N–H and O–H groups in total. The Bertz CT molecular complexity index is 1090. The van der Waals surface area contributed by atoms with Gasteiger partial charge in [-0.15, -0.1) is 0 Å². The second-order valence-corrected chi connectivity index (χ2v) is 8.32. The number of ether oxygens (including phenoxy) is 1. The molecule has 0 bridgehead atoms. The molecule has 1 fully saturated rings. The zero-order valence-corrected chi connectivity index (χ0v) is 19.2. The highest BCUT2D eigenvalue weighted by molar-refractivity contribution is 5.86. The molecule has 168 valence electrons. The summed E-state index contributed by atoms with van der Waals surface area (Å²) in [7, 11) is 0. The first-order valence-corrected chi connectivity index (χ1v) is 11.5. The molecule has 0 unspecified atom stereocenters. The van der Waals surface area contributed by atoms with Crippen LogP contribution in [0.1, 0.15) is 50.2 Å². The number of hydrogen-bond donors (Lipinski definition) is 1.